The van der Waals surface area contributed by atoms with Crippen LogP contribution in [0.25, 0.3) is 0 Å². The van der Waals surface area contributed by atoms with E-state index in [2.05, 4.69) is 11.8 Å². The molecule has 0 amide bonds. The minimum absolute atomic E-state index is 0.560. The highest BCUT2D eigenvalue weighted by Crippen LogP contribution is 2.23. The molecule has 1 aliphatic heterocycles. The van der Waals surface area contributed by atoms with Crippen LogP contribution in [0, 0.1) is 11.3 Å². The number of hydrogen-bond acceptors (Lipinski definition) is 2. The summed E-state index contributed by atoms with van der Waals surface area (Å²) in [6, 6.07) is 0. The molecular weight excluding hydrogens is 214 g/mol. The van der Waals surface area contributed by atoms with Gasteiger partial charge in [-0.15, -0.1) is 0 Å². The molecule has 0 radical (unpaired) electrons. The number of aliphatic carboxylic acids is 1. The third-order valence-corrected chi connectivity index (χ3v) is 3.85. The summed E-state index contributed by atoms with van der Waals surface area (Å²) >= 11 is 0. The van der Waals surface area contributed by atoms with Crippen LogP contribution >= 0.6 is 0 Å². The van der Waals surface area contributed by atoms with Gasteiger partial charge in [-0.05, 0) is 58.5 Å². The predicted octanol–water partition coefficient (Wildman–Crippen LogP) is 3.00. The Morgan fingerprint density at radius 1 is 1.41 bits per heavy atom. The van der Waals surface area contributed by atoms with E-state index in [0.29, 0.717) is 0 Å². The van der Waals surface area contributed by atoms with E-state index in [0.717, 1.165) is 31.7 Å². The number of nitrogens with zero attached hydrogens (tertiary/aromatic N) is 1. The summed E-state index contributed by atoms with van der Waals surface area (Å²) in [4.78, 5) is 13.5. The lowest BCUT2D eigenvalue weighted by Crippen LogP contribution is -2.35. The van der Waals surface area contributed by atoms with Crippen LogP contribution in [-0.4, -0.2) is 35.6 Å². The van der Waals surface area contributed by atoms with Crippen LogP contribution in [0.4, 0.5) is 0 Å². The molecule has 0 saturated carbocycles. The fourth-order valence-corrected chi connectivity index (χ4v) is 2.50. The monoisotopic (exact) mass is 241 g/mol. The Hall–Kier alpha value is -0.570. The Labute approximate surface area is 105 Å². The molecule has 17 heavy (non-hydrogen) atoms. The van der Waals surface area contributed by atoms with Crippen molar-refractivity contribution in [1.82, 2.24) is 4.90 Å². The number of piperidine rings is 1. The summed E-state index contributed by atoms with van der Waals surface area (Å²) in [6.45, 7) is 9.55. The third-order valence-electron chi connectivity index (χ3n) is 3.85. The van der Waals surface area contributed by atoms with E-state index in [-0.39, 0.29) is 0 Å². The third kappa shape index (κ3) is 5.07. The number of unbranched alkanes of at least 4 members (excludes halogenated alkanes) is 1. The van der Waals surface area contributed by atoms with Gasteiger partial charge in [0.25, 0.3) is 0 Å². The Bertz CT molecular complexity index is 251. The van der Waals surface area contributed by atoms with E-state index in [1.807, 2.05) is 13.8 Å². The van der Waals surface area contributed by atoms with Crippen molar-refractivity contribution in [2.45, 2.75) is 52.9 Å². The van der Waals surface area contributed by atoms with Crippen molar-refractivity contribution in [3.05, 3.63) is 0 Å². The topological polar surface area (TPSA) is 40.5 Å². The molecule has 1 saturated heterocycles. The zero-order chi connectivity index (χ0) is 12.9. The molecule has 100 valence electrons. The van der Waals surface area contributed by atoms with Gasteiger partial charge in [0.15, 0.2) is 0 Å². The van der Waals surface area contributed by atoms with E-state index in [1.165, 1.54) is 25.9 Å². The molecular formula is C14H27NO2. The normalized spacial score (nSPS) is 22.6. The Kier molecular flexibility index (Phi) is 5.44. The van der Waals surface area contributed by atoms with Gasteiger partial charge < -0.3 is 10.0 Å². The lowest BCUT2D eigenvalue weighted by atomic mass is 9.87. The van der Waals surface area contributed by atoms with Gasteiger partial charge in [-0.25, -0.2) is 0 Å². The maximum absolute atomic E-state index is 10.9. The van der Waals surface area contributed by atoms with Gasteiger partial charge in [-0.2, -0.15) is 0 Å². The fraction of sp³-hybridized carbons (Fsp3) is 0.929. The molecule has 1 fully saturated rings. The van der Waals surface area contributed by atoms with Crippen molar-refractivity contribution >= 4 is 5.97 Å². The molecule has 1 atom stereocenters. The van der Waals surface area contributed by atoms with Crippen molar-refractivity contribution < 1.29 is 9.90 Å². The fourth-order valence-electron chi connectivity index (χ4n) is 2.50. The molecule has 1 N–H and O–H groups in total. The summed E-state index contributed by atoms with van der Waals surface area (Å²) in [7, 11) is 0. The van der Waals surface area contributed by atoms with E-state index in [9.17, 15) is 4.79 Å². The first-order valence-corrected chi connectivity index (χ1v) is 6.87. The second kappa shape index (κ2) is 6.39. The highest BCUT2D eigenvalue weighted by Gasteiger charge is 2.26. The molecule has 3 nitrogen and oxygen atoms in total. The Morgan fingerprint density at radius 3 is 2.71 bits per heavy atom. The molecule has 0 aromatic rings. The van der Waals surface area contributed by atoms with E-state index >= 15 is 0 Å². The zero-order valence-corrected chi connectivity index (χ0v) is 11.5. The van der Waals surface area contributed by atoms with Crippen molar-refractivity contribution in [2.24, 2.45) is 11.3 Å². The standard InChI is InChI=1S/C14H27NO2/c1-12-7-6-10-15(11-12)9-5-4-8-14(2,3)13(16)17/h12H,4-11H2,1-3H3,(H,16,17). The molecule has 0 aliphatic carbocycles. The lowest BCUT2D eigenvalue weighted by Gasteiger charge is -2.31. The zero-order valence-electron chi connectivity index (χ0n) is 11.5. The number of hydrogen-bond donors (Lipinski definition) is 1. The quantitative estimate of drug-likeness (QED) is 0.727. The van der Waals surface area contributed by atoms with Gasteiger partial charge in [-0.3, -0.25) is 4.79 Å². The minimum Gasteiger partial charge on any atom is -0.481 e. The van der Waals surface area contributed by atoms with Crippen LogP contribution in [0.1, 0.15) is 52.9 Å². The molecule has 1 heterocycles. The average Bonchev–Trinajstić information content (AvgIpc) is 2.24. The number of carboxylic acids is 1. The Balaban J connectivity index is 2.13. The minimum atomic E-state index is -0.677. The second-order valence-corrected chi connectivity index (χ2v) is 6.19. The maximum Gasteiger partial charge on any atom is 0.309 e. The molecule has 1 unspecified atom stereocenters. The van der Waals surface area contributed by atoms with Crippen LogP contribution in [0.5, 0.6) is 0 Å². The average molecular weight is 241 g/mol. The van der Waals surface area contributed by atoms with Gasteiger partial charge in [0.1, 0.15) is 0 Å². The van der Waals surface area contributed by atoms with Crippen LogP contribution in [-0.2, 0) is 4.79 Å². The number of carboxylic acid groups (broad SMARTS) is 1. The SMILES string of the molecule is CC1CCCN(CCCCC(C)(C)C(=O)O)C1. The van der Waals surface area contributed by atoms with Crippen LogP contribution in [0.15, 0.2) is 0 Å². The second-order valence-electron chi connectivity index (χ2n) is 6.19. The van der Waals surface area contributed by atoms with Crippen LogP contribution < -0.4 is 0 Å². The first-order chi connectivity index (χ1) is 7.92. The van der Waals surface area contributed by atoms with Gasteiger partial charge >= 0.3 is 5.97 Å². The van der Waals surface area contributed by atoms with Gasteiger partial charge in [0, 0.05) is 6.54 Å². The predicted molar refractivity (Wildman–Crippen MR) is 70.1 cm³/mol. The van der Waals surface area contributed by atoms with Crippen molar-refractivity contribution in [3.8, 4) is 0 Å². The maximum atomic E-state index is 10.9. The first-order valence-electron chi connectivity index (χ1n) is 6.87. The number of rotatable bonds is 6. The lowest BCUT2D eigenvalue weighted by molar-refractivity contribution is -0.147. The van der Waals surface area contributed by atoms with Gasteiger partial charge in [0.2, 0.25) is 0 Å². The molecule has 1 rings (SSSR count). The largest absolute Gasteiger partial charge is 0.481 e. The summed E-state index contributed by atoms with van der Waals surface area (Å²) in [5.74, 6) is 0.156. The molecule has 3 heteroatoms. The highest BCUT2D eigenvalue weighted by atomic mass is 16.4. The molecule has 0 aromatic carbocycles. The number of carbonyl (C=O) groups is 1. The molecule has 0 aromatic heterocycles. The Morgan fingerprint density at radius 2 is 2.12 bits per heavy atom. The van der Waals surface area contributed by atoms with Crippen molar-refractivity contribution in [3.63, 3.8) is 0 Å². The summed E-state index contributed by atoms with van der Waals surface area (Å²) in [5, 5.41) is 9.01. The van der Waals surface area contributed by atoms with Gasteiger partial charge in [-0.1, -0.05) is 13.3 Å². The first kappa shape index (κ1) is 14.5. The van der Waals surface area contributed by atoms with Crippen molar-refractivity contribution in [1.29, 1.82) is 0 Å². The molecule has 0 bridgehead atoms. The smallest absolute Gasteiger partial charge is 0.309 e. The summed E-state index contributed by atoms with van der Waals surface area (Å²) in [6.07, 6.45) is 5.61. The van der Waals surface area contributed by atoms with E-state index in [4.69, 9.17) is 5.11 Å². The van der Waals surface area contributed by atoms with Crippen LogP contribution in [0.2, 0.25) is 0 Å². The molecule has 1 aliphatic rings. The van der Waals surface area contributed by atoms with E-state index < -0.39 is 11.4 Å². The summed E-state index contributed by atoms with van der Waals surface area (Å²) < 4.78 is 0. The summed E-state index contributed by atoms with van der Waals surface area (Å²) in [5.41, 5.74) is -0.560. The molecule has 0 spiro atoms. The van der Waals surface area contributed by atoms with Crippen molar-refractivity contribution in [2.75, 3.05) is 19.6 Å². The van der Waals surface area contributed by atoms with Gasteiger partial charge in [0.05, 0.1) is 5.41 Å². The highest BCUT2D eigenvalue weighted by molar-refractivity contribution is 5.73. The van der Waals surface area contributed by atoms with Crippen LogP contribution in [0.3, 0.4) is 0 Å². The number of likely N-dealkylation sites (tertiary alicyclic amines) is 1. The van der Waals surface area contributed by atoms with E-state index in [1.54, 1.807) is 0 Å².